The van der Waals surface area contributed by atoms with Crippen LogP contribution in [0.4, 0.5) is 4.79 Å². The zero-order valence-electron chi connectivity index (χ0n) is 52.2. The first-order valence-electron chi connectivity index (χ1n) is 29.6. The number of amides is 9. The summed E-state index contributed by atoms with van der Waals surface area (Å²) < 4.78 is 23.3. The number of ether oxygens (including phenoxy) is 4. The number of rotatable bonds is 35. The summed E-state index contributed by atoms with van der Waals surface area (Å²) in [7, 11) is 8.43. The zero-order chi connectivity index (χ0) is 63.5. The van der Waals surface area contributed by atoms with E-state index in [1.165, 1.54) is 14.2 Å². The predicted molar refractivity (Wildman–Crippen MR) is 324 cm³/mol. The standard InChI is InChI=1S/C63H94N10O13/c1-13-42(6)57(72(10)62(81)55(40(2)3)70-61(80)56(41(4)5)71(8)9)49(83-11)33-54(77)73-31-23-30-48(73)58(84-12)43(7)59(78)65-34-50(46-28-21-16-22-29-46)86-39-68-52(75)35-66-60(79)47(32-44-24-17-14-18-25-44)69-53(76)37-64-51(74)36-67-63(82)85-38-45-26-19-15-20-27-45/h14-22,24-29,40-43,47-50,55-58H,13,23,30-39H2,1-12H3,(H,64,74)(H,65,78)(H,66,79)(H,67,82)(H,68,75)(H,69,76)(H,70,80)/t42-,43+,47-,48?,49+,50?,55-,56-,57?,58?/m0/s1. The molecule has 86 heavy (non-hydrogen) atoms. The molecule has 4 rings (SSSR count). The van der Waals surface area contributed by atoms with Crippen molar-refractivity contribution in [2.24, 2.45) is 23.7 Å². The molecule has 0 radical (unpaired) electrons. The largest absolute Gasteiger partial charge is 0.445 e. The first-order chi connectivity index (χ1) is 41.0. The van der Waals surface area contributed by atoms with Gasteiger partial charge in [-0.15, -0.1) is 0 Å². The van der Waals surface area contributed by atoms with E-state index in [4.69, 9.17) is 18.9 Å². The van der Waals surface area contributed by atoms with Gasteiger partial charge in [0.15, 0.2) is 0 Å². The van der Waals surface area contributed by atoms with Gasteiger partial charge in [-0.3, -0.25) is 43.3 Å². The van der Waals surface area contributed by atoms with Crippen molar-refractivity contribution in [2.75, 3.05) is 74.8 Å². The van der Waals surface area contributed by atoms with Crippen molar-refractivity contribution >= 4 is 53.4 Å². The maximum Gasteiger partial charge on any atom is 0.407 e. The van der Waals surface area contributed by atoms with Crippen molar-refractivity contribution in [3.05, 3.63) is 108 Å². The van der Waals surface area contributed by atoms with E-state index in [9.17, 15) is 43.2 Å². The maximum atomic E-state index is 14.5. The third-order valence-corrected chi connectivity index (χ3v) is 15.5. The number of methoxy groups -OCH3 is 2. The minimum Gasteiger partial charge on any atom is -0.445 e. The van der Waals surface area contributed by atoms with Crippen molar-refractivity contribution in [3.8, 4) is 0 Å². The molecule has 0 saturated carbocycles. The van der Waals surface area contributed by atoms with Crippen LogP contribution in [0.5, 0.6) is 0 Å². The lowest BCUT2D eigenvalue weighted by molar-refractivity contribution is -0.148. The molecular formula is C63H94N10O13. The van der Waals surface area contributed by atoms with Crippen LogP contribution in [0.15, 0.2) is 91.0 Å². The monoisotopic (exact) mass is 1200 g/mol. The molecule has 474 valence electrons. The lowest BCUT2D eigenvalue weighted by Crippen LogP contribution is -2.59. The van der Waals surface area contributed by atoms with Crippen molar-refractivity contribution < 1.29 is 62.1 Å². The second kappa shape index (κ2) is 36.5. The van der Waals surface area contributed by atoms with Gasteiger partial charge < -0.3 is 66.0 Å². The summed E-state index contributed by atoms with van der Waals surface area (Å²) in [6, 6.07) is 23.6. The topological polar surface area (TPSA) is 284 Å². The number of benzene rings is 3. The minimum absolute atomic E-state index is 0.00324. The molecule has 23 heteroatoms. The number of nitrogens with zero attached hydrogens (tertiary/aromatic N) is 3. The Bertz CT molecular complexity index is 2620. The highest BCUT2D eigenvalue weighted by Gasteiger charge is 2.43. The zero-order valence-corrected chi connectivity index (χ0v) is 52.2. The molecule has 0 aromatic heterocycles. The van der Waals surface area contributed by atoms with Crippen LogP contribution in [0.25, 0.3) is 0 Å². The van der Waals surface area contributed by atoms with Crippen LogP contribution in [0.3, 0.4) is 0 Å². The normalized spacial score (nSPS) is 16.3. The number of alkyl carbamates (subject to hydrolysis) is 1. The Labute approximate surface area is 507 Å². The van der Waals surface area contributed by atoms with Crippen LogP contribution in [0.1, 0.15) is 96.9 Å². The SMILES string of the molecule is CC[C@H](C)C([C@@H](CC(=O)N1CCCC1C(OC)[C@@H](C)C(=O)NCC(OCNC(=O)CNC(=O)[C@H](Cc1ccccc1)NC(=O)CNC(=O)CNC(=O)OCc1ccccc1)c1ccccc1)OC)N(C)C(=O)[C@@H](NC(=O)[C@H](C(C)C)N(C)C)C(C)C. The summed E-state index contributed by atoms with van der Waals surface area (Å²) in [6.07, 6.45) is -0.986. The molecule has 3 aromatic carbocycles. The van der Waals surface area contributed by atoms with Crippen molar-refractivity contribution in [3.63, 3.8) is 0 Å². The fourth-order valence-electron chi connectivity index (χ4n) is 10.8. The fourth-order valence-corrected chi connectivity index (χ4v) is 10.8. The van der Waals surface area contributed by atoms with Crippen LogP contribution >= 0.6 is 0 Å². The van der Waals surface area contributed by atoms with Gasteiger partial charge in [0.2, 0.25) is 47.3 Å². The van der Waals surface area contributed by atoms with Gasteiger partial charge in [-0.05, 0) is 61.4 Å². The number of likely N-dealkylation sites (N-methyl/N-ethyl adjacent to an activating group) is 2. The second-order valence-corrected chi connectivity index (χ2v) is 22.7. The molecule has 0 spiro atoms. The van der Waals surface area contributed by atoms with Crippen molar-refractivity contribution in [1.29, 1.82) is 0 Å². The summed E-state index contributed by atoms with van der Waals surface area (Å²) in [5.41, 5.74) is 2.18. The van der Waals surface area contributed by atoms with Crippen LogP contribution in [-0.2, 0) is 70.3 Å². The highest BCUT2D eigenvalue weighted by atomic mass is 16.5. The lowest BCUT2D eigenvalue weighted by Gasteiger charge is -2.41. The maximum absolute atomic E-state index is 14.5. The van der Waals surface area contributed by atoms with Crippen LogP contribution < -0.4 is 37.2 Å². The molecule has 3 aromatic rings. The van der Waals surface area contributed by atoms with Crippen LogP contribution in [0, 0.1) is 23.7 Å². The van der Waals surface area contributed by atoms with Gasteiger partial charge in [0.25, 0.3) is 0 Å². The predicted octanol–water partition coefficient (Wildman–Crippen LogP) is 3.47. The van der Waals surface area contributed by atoms with E-state index in [1.54, 1.807) is 78.4 Å². The molecule has 1 heterocycles. The quantitative estimate of drug-likeness (QED) is 0.0416. The molecule has 1 saturated heterocycles. The van der Waals surface area contributed by atoms with Crippen molar-refractivity contribution in [1.82, 2.24) is 51.9 Å². The van der Waals surface area contributed by atoms with Crippen molar-refractivity contribution in [2.45, 2.75) is 136 Å². The average molecular weight is 1200 g/mol. The number of nitrogens with one attached hydrogen (secondary N) is 7. The van der Waals surface area contributed by atoms with E-state index in [-0.39, 0.29) is 74.1 Å². The highest BCUT2D eigenvalue weighted by molar-refractivity contribution is 5.93. The Morgan fingerprint density at radius 3 is 1.83 bits per heavy atom. The van der Waals surface area contributed by atoms with Gasteiger partial charge in [0.05, 0.1) is 55.8 Å². The molecule has 1 aliphatic heterocycles. The van der Waals surface area contributed by atoms with Gasteiger partial charge in [0.1, 0.15) is 38.1 Å². The van der Waals surface area contributed by atoms with Gasteiger partial charge in [0, 0.05) is 40.8 Å². The molecule has 0 aliphatic carbocycles. The second-order valence-electron chi connectivity index (χ2n) is 22.7. The number of hydrogen-bond acceptors (Lipinski definition) is 14. The highest BCUT2D eigenvalue weighted by Crippen LogP contribution is 2.30. The Morgan fingerprint density at radius 1 is 0.651 bits per heavy atom. The van der Waals surface area contributed by atoms with E-state index in [0.717, 1.165) is 5.56 Å². The smallest absolute Gasteiger partial charge is 0.407 e. The number of carbonyl (C=O) groups excluding carboxylic acids is 9. The molecule has 23 nitrogen and oxygen atoms in total. The Kier molecular flexibility index (Phi) is 30.1. The van der Waals surface area contributed by atoms with E-state index < -0.39 is 104 Å². The number of hydrogen-bond donors (Lipinski definition) is 7. The summed E-state index contributed by atoms with van der Waals surface area (Å²) in [4.78, 5) is 126. The molecule has 10 atom stereocenters. The average Bonchev–Trinajstić information content (AvgIpc) is 2.29. The molecule has 0 bridgehead atoms. The van der Waals surface area contributed by atoms with Gasteiger partial charge >= 0.3 is 6.09 Å². The van der Waals surface area contributed by atoms with Crippen LogP contribution in [0.2, 0.25) is 0 Å². The molecule has 1 aliphatic rings. The van der Waals surface area contributed by atoms with Gasteiger partial charge in [-0.2, -0.15) is 0 Å². The van der Waals surface area contributed by atoms with E-state index in [0.29, 0.717) is 36.9 Å². The summed E-state index contributed by atoms with van der Waals surface area (Å²) in [6.45, 7) is 12.2. The fraction of sp³-hybridized carbons (Fsp3) is 0.571. The Morgan fingerprint density at radius 2 is 1.24 bits per heavy atom. The van der Waals surface area contributed by atoms with E-state index >= 15 is 0 Å². The Balaban J connectivity index is 1.33. The molecule has 4 unspecified atom stereocenters. The Hall–Kier alpha value is -7.47. The first kappa shape index (κ1) is 71.0. The number of carbonyl (C=O) groups is 9. The number of likely N-dealkylation sites (tertiary alicyclic amines) is 1. The first-order valence-corrected chi connectivity index (χ1v) is 29.6. The molecular weight excluding hydrogens is 1100 g/mol. The third kappa shape index (κ3) is 22.4. The molecule has 1 fully saturated rings. The summed E-state index contributed by atoms with van der Waals surface area (Å²) in [5.74, 6) is -4.76. The summed E-state index contributed by atoms with van der Waals surface area (Å²) in [5, 5.41) is 18.5. The van der Waals surface area contributed by atoms with E-state index in [2.05, 4.69) is 37.2 Å². The van der Waals surface area contributed by atoms with E-state index in [1.807, 2.05) is 96.9 Å². The lowest BCUT2D eigenvalue weighted by atomic mass is 9.89. The minimum atomic E-state index is -1.14. The van der Waals surface area contributed by atoms with Gasteiger partial charge in [-0.25, -0.2) is 4.79 Å². The molecule has 9 amide bonds. The van der Waals surface area contributed by atoms with Gasteiger partial charge in [-0.1, -0.05) is 146 Å². The molecule has 7 N–H and O–H groups in total. The summed E-state index contributed by atoms with van der Waals surface area (Å²) >= 11 is 0. The van der Waals surface area contributed by atoms with Crippen LogP contribution in [-0.4, -0.2) is 185 Å². The third-order valence-electron chi connectivity index (χ3n) is 15.5.